The van der Waals surface area contributed by atoms with Gasteiger partial charge in [-0.2, -0.15) is 0 Å². The molecule has 0 saturated heterocycles. The van der Waals surface area contributed by atoms with Crippen LogP contribution in [0, 0.1) is 5.92 Å². The summed E-state index contributed by atoms with van der Waals surface area (Å²) in [4.78, 5) is 10.8. The molecule has 104 valence electrons. The number of carboxylic acid groups (broad SMARTS) is 1. The molecule has 1 saturated carbocycles. The van der Waals surface area contributed by atoms with Crippen molar-refractivity contribution in [2.75, 3.05) is 5.75 Å². The van der Waals surface area contributed by atoms with Gasteiger partial charge in [-0.3, -0.25) is 4.79 Å². The van der Waals surface area contributed by atoms with Gasteiger partial charge in [0, 0.05) is 6.42 Å². The number of rotatable bonds is 7. The lowest BCUT2D eigenvalue weighted by atomic mass is 10.1. The lowest BCUT2D eigenvalue weighted by molar-refractivity contribution is -0.136. The minimum Gasteiger partial charge on any atom is -0.481 e. The second kappa shape index (κ2) is 5.74. The van der Waals surface area contributed by atoms with Crippen LogP contribution in [0.15, 0.2) is 29.2 Å². The maximum absolute atomic E-state index is 12.0. The van der Waals surface area contributed by atoms with Gasteiger partial charge in [0.2, 0.25) is 0 Å². The molecule has 1 fully saturated rings. The number of benzene rings is 1. The van der Waals surface area contributed by atoms with Gasteiger partial charge in [0.15, 0.2) is 9.84 Å². The Labute approximate surface area is 113 Å². The summed E-state index contributed by atoms with van der Waals surface area (Å²) in [6.45, 7) is 0. The first kappa shape index (κ1) is 14.1. The summed E-state index contributed by atoms with van der Waals surface area (Å²) in [5.74, 6) is -0.0303. The molecule has 1 aliphatic carbocycles. The van der Waals surface area contributed by atoms with E-state index in [-0.39, 0.29) is 12.2 Å². The average Bonchev–Trinajstić information content (AvgIpc) is 3.18. The SMILES string of the molecule is O=C(O)CCc1ccc(S(=O)(=O)CCC2CC2)cc1. The number of carboxylic acids is 1. The van der Waals surface area contributed by atoms with E-state index in [1.807, 2.05) is 0 Å². The quantitative estimate of drug-likeness (QED) is 0.832. The summed E-state index contributed by atoms with van der Waals surface area (Å²) >= 11 is 0. The van der Waals surface area contributed by atoms with Crippen molar-refractivity contribution in [3.05, 3.63) is 29.8 Å². The van der Waals surface area contributed by atoms with Crippen molar-refractivity contribution < 1.29 is 18.3 Å². The fourth-order valence-electron chi connectivity index (χ4n) is 1.96. The van der Waals surface area contributed by atoms with Crippen LogP contribution >= 0.6 is 0 Å². The molecule has 0 unspecified atom stereocenters. The van der Waals surface area contributed by atoms with Crippen LogP contribution in [0.25, 0.3) is 0 Å². The molecule has 1 N–H and O–H groups in total. The minimum absolute atomic E-state index is 0.0633. The molecule has 1 aromatic rings. The molecule has 2 rings (SSSR count). The van der Waals surface area contributed by atoms with E-state index in [1.165, 1.54) is 0 Å². The number of aryl methyl sites for hydroxylation is 1. The molecule has 0 bridgehead atoms. The van der Waals surface area contributed by atoms with Gasteiger partial charge in [-0.15, -0.1) is 0 Å². The van der Waals surface area contributed by atoms with E-state index in [0.29, 0.717) is 17.2 Å². The predicted octanol–water partition coefficient (Wildman–Crippen LogP) is 2.28. The standard InChI is InChI=1S/C14H18O4S/c15-14(16)8-5-11-3-6-13(7-4-11)19(17,18)10-9-12-1-2-12/h3-4,6-7,12H,1-2,5,8-10H2,(H,15,16). The Balaban J connectivity index is 1.97. The molecule has 0 amide bonds. The summed E-state index contributed by atoms with van der Waals surface area (Å²) in [5.41, 5.74) is 0.851. The zero-order valence-electron chi connectivity index (χ0n) is 10.7. The van der Waals surface area contributed by atoms with E-state index < -0.39 is 15.8 Å². The van der Waals surface area contributed by atoms with Crippen LogP contribution in [0.5, 0.6) is 0 Å². The van der Waals surface area contributed by atoms with Gasteiger partial charge < -0.3 is 5.11 Å². The molecule has 5 heteroatoms. The van der Waals surface area contributed by atoms with E-state index in [0.717, 1.165) is 24.8 Å². The smallest absolute Gasteiger partial charge is 0.303 e. The van der Waals surface area contributed by atoms with Crippen LogP contribution in [0.3, 0.4) is 0 Å². The molecular weight excluding hydrogens is 264 g/mol. The Kier molecular flexibility index (Phi) is 4.24. The highest BCUT2D eigenvalue weighted by Gasteiger charge is 2.24. The summed E-state index contributed by atoms with van der Waals surface area (Å²) in [6.07, 6.45) is 3.56. The molecule has 0 radical (unpaired) electrons. The maximum Gasteiger partial charge on any atom is 0.303 e. The third-order valence-corrected chi connectivity index (χ3v) is 5.17. The van der Waals surface area contributed by atoms with E-state index in [1.54, 1.807) is 24.3 Å². The van der Waals surface area contributed by atoms with E-state index >= 15 is 0 Å². The van der Waals surface area contributed by atoms with Crippen LogP contribution in [0.2, 0.25) is 0 Å². The van der Waals surface area contributed by atoms with Crippen molar-refractivity contribution in [1.82, 2.24) is 0 Å². The summed E-state index contributed by atoms with van der Waals surface area (Å²) in [6, 6.07) is 6.57. The lowest BCUT2D eigenvalue weighted by Crippen LogP contribution is -2.07. The van der Waals surface area contributed by atoms with Crippen molar-refractivity contribution in [2.45, 2.75) is 37.0 Å². The van der Waals surface area contributed by atoms with E-state index in [9.17, 15) is 13.2 Å². The zero-order valence-corrected chi connectivity index (χ0v) is 11.5. The van der Waals surface area contributed by atoms with Gasteiger partial charge in [-0.05, 0) is 36.5 Å². The Hall–Kier alpha value is -1.36. The van der Waals surface area contributed by atoms with Gasteiger partial charge >= 0.3 is 5.97 Å². The van der Waals surface area contributed by atoms with Crippen molar-refractivity contribution in [3.8, 4) is 0 Å². The second-order valence-electron chi connectivity index (χ2n) is 5.09. The van der Waals surface area contributed by atoms with Gasteiger partial charge in [0.1, 0.15) is 0 Å². The van der Waals surface area contributed by atoms with Gasteiger partial charge in [-0.1, -0.05) is 25.0 Å². The topological polar surface area (TPSA) is 71.4 Å². The number of aliphatic carboxylic acids is 1. The first-order valence-electron chi connectivity index (χ1n) is 6.51. The fourth-order valence-corrected chi connectivity index (χ4v) is 3.39. The first-order chi connectivity index (χ1) is 8.97. The molecule has 0 aromatic heterocycles. The Morgan fingerprint density at radius 3 is 2.37 bits per heavy atom. The van der Waals surface area contributed by atoms with Crippen LogP contribution < -0.4 is 0 Å². The average molecular weight is 282 g/mol. The zero-order chi connectivity index (χ0) is 13.9. The van der Waals surface area contributed by atoms with Gasteiger partial charge in [-0.25, -0.2) is 8.42 Å². The first-order valence-corrected chi connectivity index (χ1v) is 8.16. The van der Waals surface area contributed by atoms with Crippen molar-refractivity contribution in [1.29, 1.82) is 0 Å². The van der Waals surface area contributed by atoms with Crippen LogP contribution in [-0.2, 0) is 21.1 Å². The lowest BCUT2D eigenvalue weighted by Gasteiger charge is -2.05. The highest BCUT2D eigenvalue weighted by atomic mass is 32.2. The van der Waals surface area contributed by atoms with Crippen LogP contribution in [0.4, 0.5) is 0 Å². The number of hydrogen-bond donors (Lipinski definition) is 1. The van der Waals surface area contributed by atoms with Gasteiger partial charge in [0.05, 0.1) is 10.6 Å². The highest BCUT2D eigenvalue weighted by Crippen LogP contribution is 2.33. The molecule has 19 heavy (non-hydrogen) atoms. The summed E-state index contributed by atoms with van der Waals surface area (Å²) in [5, 5.41) is 8.59. The number of carbonyl (C=O) groups is 1. The van der Waals surface area contributed by atoms with Crippen LogP contribution in [-0.4, -0.2) is 25.2 Å². The highest BCUT2D eigenvalue weighted by molar-refractivity contribution is 7.91. The molecule has 0 atom stereocenters. The number of hydrogen-bond acceptors (Lipinski definition) is 3. The third-order valence-electron chi connectivity index (χ3n) is 3.40. The largest absolute Gasteiger partial charge is 0.481 e. The third kappa shape index (κ3) is 4.35. The van der Waals surface area contributed by atoms with Crippen LogP contribution in [0.1, 0.15) is 31.2 Å². The molecule has 4 nitrogen and oxygen atoms in total. The molecule has 0 aliphatic heterocycles. The Morgan fingerprint density at radius 2 is 1.84 bits per heavy atom. The second-order valence-corrected chi connectivity index (χ2v) is 7.20. The number of sulfone groups is 1. The summed E-state index contributed by atoms with van der Waals surface area (Å²) in [7, 11) is -3.18. The van der Waals surface area contributed by atoms with Gasteiger partial charge in [0.25, 0.3) is 0 Å². The van der Waals surface area contributed by atoms with Crippen molar-refractivity contribution in [2.24, 2.45) is 5.92 Å². The van der Waals surface area contributed by atoms with E-state index in [4.69, 9.17) is 5.11 Å². The molecule has 1 aromatic carbocycles. The summed E-state index contributed by atoms with van der Waals surface area (Å²) < 4.78 is 24.1. The predicted molar refractivity (Wildman–Crippen MR) is 71.8 cm³/mol. The molecule has 1 aliphatic rings. The molecule has 0 heterocycles. The molecule has 0 spiro atoms. The normalized spacial score (nSPS) is 15.4. The Morgan fingerprint density at radius 1 is 1.21 bits per heavy atom. The monoisotopic (exact) mass is 282 g/mol. The Bertz CT molecular complexity index is 541. The maximum atomic E-state index is 12.0. The van der Waals surface area contributed by atoms with Crippen molar-refractivity contribution >= 4 is 15.8 Å². The van der Waals surface area contributed by atoms with E-state index in [2.05, 4.69) is 0 Å². The van der Waals surface area contributed by atoms with Crippen molar-refractivity contribution in [3.63, 3.8) is 0 Å². The molecular formula is C14H18O4S. The minimum atomic E-state index is -3.18. The fraction of sp³-hybridized carbons (Fsp3) is 0.500.